The van der Waals surface area contributed by atoms with E-state index in [9.17, 15) is 4.79 Å². The maximum absolute atomic E-state index is 12.3. The van der Waals surface area contributed by atoms with E-state index in [1.54, 1.807) is 0 Å². The molecule has 0 aromatic carbocycles. The number of carbonyl (C=O) groups is 1. The minimum atomic E-state index is 0.156. The lowest BCUT2D eigenvalue weighted by molar-refractivity contribution is -0.127. The molecule has 15 heavy (non-hydrogen) atoms. The average Bonchev–Trinajstić information content (AvgIpc) is 2.28. The van der Waals surface area contributed by atoms with Crippen molar-refractivity contribution in [3.8, 4) is 0 Å². The van der Waals surface area contributed by atoms with Gasteiger partial charge >= 0.3 is 0 Å². The molecule has 1 fully saturated rings. The third-order valence-electron chi connectivity index (χ3n) is 4.99. The Morgan fingerprint density at radius 1 is 1.13 bits per heavy atom. The van der Waals surface area contributed by atoms with Crippen molar-refractivity contribution in [2.45, 2.75) is 53.9 Å². The Kier molecular flexibility index (Phi) is 2.15. The standard InChI is InChI=1S/C14H22O/c1-9-10(2)14(5)8-6-7-13(3,4)12(14)11(9)15/h12H,6-8H2,1-5H3. The van der Waals surface area contributed by atoms with Crippen molar-refractivity contribution in [3.63, 3.8) is 0 Å². The Bertz CT molecular complexity index is 348. The molecule has 1 nitrogen and oxygen atoms in total. The van der Waals surface area contributed by atoms with Gasteiger partial charge in [-0.3, -0.25) is 4.79 Å². The Balaban J connectivity index is 2.52. The molecular weight excluding hydrogens is 184 g/mol. The highest BCUT2D eigenvalue weighted by molar-refractivity contribution is 6.01. The first-order valence-electron chi connectivity index (χ1n) is 6.03. The Labute approximate surface area is 92.9 Å². The molecule has 2 aliphatic rings. The summed E-state index contributed by atoms with van der Waals surface area (Å²) in [6.45, 7) is 11.0. The van der Waals surface area contributed by atoms with Crippen molar-refractivity contribution in [2.24, 2.45) is 16.7 Å². The van der Waals surface area contributed by atoms with Crippen LogP contribution in [0.5, 0.6) is 0 Å². The van der Waals surface area contributed by atoms with Crippen LogP contribution in [-0.4, -0.2) is 5.78 Å². The van der Waals surface area contributed by atoms with E-state index in [0.29, 0.717) is 5.78 Å². The van der Waals surface area contributed by atoms with Crippen LogP contribution in [0.1, 0.15) is 53.9 Å². The maximum Gasteiger partial charge on any atom is 0.163 e. The predicted molar refractivity (Wildman–Crippen MR) is 62.6 cm³/mol. The van der Waals surface area contributed by atoms with E-state index in [1.165, 1.54) is 24.8 Å². The van der Waals surface area contributed by atoms with E-state index in [0.717, 1.165) is 5.57 Å². The van der Waals surface area contributed by atoms with Gasteiger partial charge in [-0.15, -0.1) is 0 Å². The van der Waals surface area contributed by atoms with Crippen molar-refractivity contribution in [1.82, 2.24) is 0 Å². The van der Waals surface area contributed by atoms with Gasteiger partial charge in [-0.1, -0.05) is 32.8 Å². The van der Waals surface area contributed by atoms with E-state index >= 15 is 0 Å². The van der Waals surface area contributed by atoms with Gasteiger partial charge in [0.1, 0.15) is 0 Å². The number of hydrogen-bond acceptors (Lipinski definition) is 1. The first kappa shape index (κ1) is 10.9. The number of Topliss-reactive ketones (excluding diaryl/α,β-unsaturated/α-hetero) is 1. The highest BCUT2D eigenvalue weighted by Crippen LogP contribution is 2.59. The minimum absolute atomic E-state index is 0.156. The van der Waals surface area contributed by atoms with Crippen molar-refractivity contribution in [2.75, 3.05) is 0 Å². The number of allylic oxidation sites excluding steroid dienone is 2. The number of ketones is 1. The second kappa shape index (κ2) is 2.96. The third-order valence-corrected chi connectivity index (χ3v) is 4.99. The van der Waals surface area contributed by atoms with Gasteiger partial charge in [-0.2, -0.15) is 0 Å². The van der Waals surface area contributed by atoms with Gasteiger partial charge in [0.05, 0.1) is 0 Å². The molecule has 0 N–H and O–H groups in total. The number of fused-ring (bicyclic) bond motifs is 1. The Morgan fingerprint density at radius 2 is 1.73 bits per heavy atom. The summed E-state index contributed by atoms with van der Waals surface area (Å²) in [7, 11) is 0. The number of rotatable bonds is 0. The largest absolute Gasteiger partial charge is 0.294 e. The minimum Gasteiger partial charge on any atom is -0.294 e. The Hall–Kier alpha value is -0.590. The molecule has 1 heteroatoms. The average molecular weight is 206 g/mol. The molecule has 0 spiro atoms. The molecule has 2 unspecified atom stereocenters. The lowest BCUT2D eigenvalue weighted by atomic mass is 9.56. The second-order valence-electron chi connectivity index (χ2n) is 6.31. The highest BCUT2D eigenvalue weighted by Gasteiger charge is 2.55. The zero-order valence-corrected chi connectivity index (χ0v) is 10.6. The third kappa shape index (κ3) is 1.25. The predicted octanol–water partition coefficient (Wildman–Crippen LogP) is 3.74. The summed E-state index contributed by atoms with van der Waals surface area (Å²) in [6.07, 6.45) is 3.65. The van der Waals surface area contributed by atoms with Gasteiger partial charge in [-0.25, -0.2) is 0 Å². The van der Waals surface area contributed by atoms with Gasteiger partial charge in [0, 0.05) is 5.92 Å². The summed E-state index contributed by atoms with van der Waals surface area (Å²) in [5.41, 5.74) is 2.73. The van der Waals surface area contributed by atoms with Crippen molar-refractivity contribution in [3.05, 3.63) is 11.1 Å². The summed E-state index contributed by atoms with van der Waals surface area (Å²) in [5.74, 6) is 0.651. The highest BCUT2D eigenvalue weighted by atomic mass is 16.1. The first-order valence-corrected chi connectivity index (χ1v) is 6.03. The Morgan fingerprint density at radius 3 is 2.27 bits per heavy atom. The molecule has 0 amide bonds. The number of hydrogen-bond donors (Lipinski definition) is 0. The molecule has 1 saturated carbocycles. The zero-order chi connectivity index (χ0) is 11.4. The SMILES string of the molecule is CC1=C(C)C2(C)CCCC(C)(C)C2C1=O. The van der Waals surface area contributed by atoms with E-state index in [1.807, 2.05) is 6.92 Å². The van der Waals surface area contributed by atoms with E-state index in [4.69, 9.17) is 0 Å². The van der Waals surface area contributed by atoms with Crippen LogP contribution in [-0.2, 0) is 4.79 Å². The second-order valence-corrected chi connectivity index (χ2v) is 6.31. The lowest BCUT2D eigenvalue weighted by Crippen LogP contribution is -2.43. The summed E-state index contributed by atoms with van der Waals surface area (Å²) in [6, 6.07) is 0. The van der Waals surface area contributed by atoms with Crippen molar-refractivity contribution >= 4 is 5.78 Å². The zero-order valence-electron chi connectivity index (χ0n) is 10.6. The van der Waals surface area contributed by atoms with E-state index in [-0.39, 0.29) is 16.7 Å². The van der Waals surface area contributed by atoms with Crippen LogP contribution in [0.4, 0.5) is 0 Å². The summed E-state index contributed by atoms with van der Waals surface area (Å²) >= 11 is 0. The molecule has 0 heterocycles. The monoisotopic (exact) mass is 206 g/mol. The summed E-state index contributed by atoms with van der Waals surface area (Å²) in [4.78, 5) is 12.3. The fraction of sp³-hybridized carbons (Fsp3) is 0.786. The van der Waals surface area contributed by atoms with Gasteiger partial charge in [-0.05, 0) is 43.1 Å². The summed E-state index contributed by atoms with van der Waals surface area (Å²) in [5, 5.41) is 0. The van der Waals surface area contributed by atoms with Crippen LogP contribution < -0.4 is 0 Å². The molecule has 2 atom stereocenters. The molecule has 0 saturated heterocycles. The molecule has 0 aliphatic heterocycles. The van der Waals surface area contributed by atoms with E-state index < -0.39 is 0 Å². The van der Waals surface area contributed by atoms with Gasteiger partial charge in [0.15, 0.2) is 5.78 Å². The molecule has 0 aromatic heterocycles. The number of carbonyl (C=O) groups excluding carboxylic acids is 1. The molecule has 2 aliphatic carbocycles. The summed E-state index contributed by atoms with van der Waals surface area (Å²) < 4.78 is 0. The van der Waals surface area contributed by atoms with Crippen LogP contribution in [0, 0.1) is 16.7 Å². The van der Waals surface area contributed by atoms with E-state index in [2.05, 4.69) is 27.7 Å². The maximum atomic E-state index is 12.3. The van der Waals surface area contributed by atoms with Crippen LogP contribution >= 0.6 is 0 Å². The van der Waals surface area contributed by atoms with Gasteiger partial charge in [0.25, 0.3) is 0 Å². The van der Waals surface area contributed by atoms with Crippen molar-refractivity contribution in [1.29, 1.82) is 0 Å². The molecule has 84 valence electrons. The molecule has 0 radical (unpaired) electrons. The van der Waals surface area contributed by atoms with Crippen LogP contribution in [0.3, 0.4) is 0 Å². The lowest BCUT2D eigenvalue weighted by Gasteiger charge is -2.47. The van der Waals surface area contributed by atoms with Crippen LogP contribution in [0.25, 0.3) is 0 Å². The quantitative estimate of drug-likeness (QED) is 0.590. The fourth-order valence-electron chi connectivity index (χ4n) is 3.94. The molecule has 2 rings (SSSR count). The van der Waals surface area contributed by atoms with Crippen molar-refractivity contribution < 1.29 is 4.79 Å². The van der Waals surface area contributed by atoms with Crippen LogP contribution in [0.15, 0.2) is 11.1 Å². The fourth-order valence-corrected chi connectivity index (χ4v) is 3.94. The van der Waals surface area contributed by atoms with Crippen LogP contribution in [0.2, 0.25) is 0 Å². The smallest absolute Gasteiger partial charge is 0.163 e. The molecule has 0 bridgehead atoms. The van der Waals surface area contributed by atoms with Gasteiger partial charge in [0.2, 0.25) is 0 Å². The first-order chi connectivity index (χ1) is 6.81. The molecule has 0 aromatic rings. The normalized spacial score (nSPS) is 39.5. The molecular formula is C14H22O. The van der Waals surface area contributed by atoms with Gasteiger partial charge < -0.3 is 0 Å². The topological polar surface area (TPSA) is 17.1 Å².